The number of hydrogen-bond donors (Lipinski definition) is 7. The summed E-state index contributed by atoms with van der Waals surface area (Å²) in [5.74, 6) is -3.55. The number of aromatic nitrogens is 1. The number of carbonyl (C=O) groups excluding carboxylic acids is 3. The molecule has 1 aromatic heterocycles. The van der Waals surface area contributed by atoms with Crippen LogP contribution in [-0.4, -0.2) is 69.2 Å². The normalized spacial score (nSPS) is 15.6. The average molecular weight is 566 g/mol. The van der Waals surface area contributed by atoms with E-state index in [2.05, 4.69) is 20.9 Å². The minimum atomic E-state index is -1.24. The molecule has 8 N–H and O–H groups in total. The van der Waals surface area contributed by atoms with Gasteiger partial charge in [0.25, 0.3) is 0 Å². The summed E-state index contributed by atoms with van der Waals surface area (Å²) in [7, 11) is 0. The molecule has 2 aromatic carbocycles. The number of benzene rings is 2. The van der Waals surface area contributed by atoms with Crippen molar-refractivity contribution in [3.05, 3.63) is 71.9 Å². The standard InChI is InChI=1S/C30H39N5O6/c1-4-17(2)26(35-28(38)25(31)18(3)36)29(39)33-23(15-20-16-32-22-13-9-8-12-21(20)22)27(37)34-24(30(40)41)14-19-10-6-5-7-11-19/h5-13,16-18,23-26,32,36H,4,14-15,31H2,1-3H3,(H,33,39)(H,34,37)(H,35,38)(H,40,41). The number of aromatic amines is 1. The fourth-order valence-corrected chi connectivity index (χ4v) is 4.48. The molecule has 41 heavy (non-hydrogen) atoms. The lowest BCUT2D eigenvalue weighted by atomic mass is 9.96. The predicted octanol–water partition coefficient (Wildman–Crippen LogP) is 1.25. The lowest BCUT2D eigenvalue weighted by Gasteiger charge is -2.28. The number of carboxylic acids is 1. The van der Waals surface area contributed by atoms with Crippen LogP contribution in [0.25, 0.3) is 10.9 Å². The maximum atomic E-state index is 13.6. The average Bonchev–Trinajstić information content (AvgIpc) is 3.37. The number of hydrogen-bond acceptors (Lipinski definition) is 6. The summed E-state index contributed by atoms with van der Waals surface area (Å²) in [5, 5.41) is 28.4. The molecule has 0 fully saturated rings. The van der Waals surface area contributed by atoms with Crippen LogP contribution >= 0.6 is 0 Å². The van der Waals surface area contributed by atoms with E-state index < -0.39 is 54.0 Å². The molecule has 3 aromatic rings. The third kappa shape index (κ3) is 8.38. The summed E-state index contributed by atoms with van der Waals surface area (Å²) in [5.41, 5.74) is 8.09. The Labute approximate surface area is 238 Å². The fraction of sp³-hybridized carbons (Fsp3) is 0.400. The molecule has 0 saturated carbocycles. The second-order valence-electron chi connectivity index (χ2n) is 10.4. The highest BCUT2D eigenvalue weighted by molar-refractivity contribution is 5.95. The van der Waals surface area contributed by atoms with Crippen LogP contribution in [0.2, 0.25) is 0 Å². The maximum absolute atomic E-state index is 13.6. The zero-order chi connectivity index (χ0) is 30.1. The SMILES string of the molecule is CCC(C)C(NC(=O)C(N)C(C)O)C(=O)NC(Cc1c[nH]c2ccccc12)C(=O)NC(Cc1ccccc1)C(=O)O. The first-order valence-electron chi connectivity index (χ1n) is 13.7. The van der Waals surface area contributed by atoms with Crippen LogP contribution in [0.4, 0.5) is 0 Å². The molecular formula is C30H39N5O6. The van der Waals surface area contributed by atoms with Crippen LogP contribution in [0, 0.1) is 5.92 Å². The van der Waals surface area contributed by atoms with Crippen molar-refractivity contribution in [2.45, 2.75) is 70.3 Å². The van der Waals surface area contributed by atoms with E-state index in [9.17, 15) is 29.4 Å². The lowest BCUT2D eigenvalue weighted by Crippen LogP contribution is -2.60. The van der Waals surface area contributed by atoms with Gasteiger partial charge in [-0.25, -0.2) is 4.79 Å². The Kier molecular flexibility index (Phi) is 11.0. The maximum Gasteiger partial charge on any atom is 0.326 e. The van der Waals surface area contributed by atoms with Gasteiger partial charge in [0, 0.05) is 29.9 Å². The largest absolute Gasteiger partial charge is 0.480 e. The molecule has 6 unspecified atom stereocenters. The molecular weight excluding hydrogens is 526 g/mol. The number of nitrogens with one attached hydrogen (secondary N) is 4. The molecule has 6 atom stereocenters. The Balaban J connectivity index is 1.88. The first kappa shape index (κ1) is 31.3. The van der Waals surface area contributed by atoms with Crippen molar-refractivity contribution in [1.82, 2.24) is 20.9 Å². The molecule has 0 bridgehead atoms. The van der Waals surface area contributed by atoms with Crippen molar-refractivity contribution in [3.63, 3.8) is 0 Å². The van der Waals surface area contributed by atoms with Gasteiger partial charge in [0.15, 0.2) is 0 Å². The number of aliphatic carboxylic acids is 1. The summed E-state index contributed by atoms with van der Waals surface area (Å²) in [4.78, 5) is 55.0. The van der Waals surface area contributed by atoms with Crippen molar-refractivity contribution in [3.8, 4) is 0 Å². The molecule has 3 rings (SSSR count). The van der Waals surface area contributed by atoms with Gasteiger partial charge in [-0.2, -0.15) is 0 Å². The van der Waals surface area contributed by atoms with E-state index in [1.807, 2.05) is 37.3 Å². The van der Waals surface area contributed by atoms with Crippen molar-refractivity contribution < 1.29 is 29.4 Å². The highest BCUT2D eigenvalue weighted by Crippen LogP contribution is 2.20. The van der Waals surface area contributed by atoms with Crippen molar-refractivity contribution in [2.24, 2.45) is 11.7 Å². The summed E-state index contributed by atoms with van der Waals surface area (Å²) in [6.07, 6.45) is 1.26. The minimum Gasteiger partial charge on any atom is -0.480 e. The number of amides is 3. The second kappa shape index (κ2) is 14.4. The van der Waals surface area contributed by atoms with Gasteiger partial charge in [0.1, 0.15) is 24.2 Å². The Morgan fingerprint density at radius 2 is 1.49 bits per heavy atom. The van der Waals surface area contributed by atoms with Crippen LogP contribution in [0.15, 0.2) is 60.8 Å². The van der Waals surface area contributed by atoms with Crippen LogP contribution in [0.3, 0.4) is 0 Å². The van der Waals surface area contributed by atoms with Crippen molar-refractivity contribution in [1.29, 1.82) is 0 Å². The molecule has 0 aliphatic carbocycles. The number of fused-ring (bicyclic) bond motifs is 1. The van der Waals surface area contributed by atoms with E-state index in [1.165, 1.54) is 6.92 Å². The highest BCUT2D eigenvalue weighted by Gasteiger charge is 2.33. The Morgan fingerprint density at radius 1 is 0.854 bits per heavy atom. The Morgan fingerprint density at radius 3 is 2.12 bits per heavy atom. The van der Waals surface area contributed by atoms with Crippen LogP contribution in [-0.2, 0) is 32.0 Å². The summed E-state index contributed by atoms with van der Waals surface area (Å²) in [6.45, 7) is 4.99. The number of nitrogens with two attached hydrogens (primary N) is 1. The fourth-order valence-electron chi connectivity index (χ4n) is 4.48. The topological polar surface area (TPSA) is 187 Å². The smallest absolute Gasteiger partial charge is 0.326 e. The van der Waals surface area contributed by atoms with E-state index >= 15 is 0 Å². The predicted molar refractivity (Wildman–Crippen MR) is 155 cm³/mol. The van der Waals surface area contributed by atoms with Crippen LogP contribution in [0.1, 0.15) is 38.3 Å². The van der Waals surface area contributed by atoms with E-state index in [-0.39, 0.29) is 18.8 Å². The molecule has 1 heterocycles. The molecule has 11 heteroatoms. The molecule has 220 valence electrons. The minimum absolute atomic E-state index is 0.0540. The summed E-state index contributed by atoms with van der Waals surface area (Å²) >= 11 is 0. The molecule has 0 radical (unpaired) electrons. The van der Waals surface area contributed by atoms with Gasteiger partial charge in [-0.3, -0.25) is 14.4 Å². The first-order chi connectivity index (χ1) is 19.5. The van der Waals surface area contributed by atoms with E-state index in [1.54, 1.807) is 37.4 Å². The van der Waals surface area contributed by atoms with Gasteiger partial charge >= 0.3 is 5.97 Å². The molecule has 3 amide bonds. The zero-order valence-corrected chi connectivity index (χ0v) is 23.5. The summed E-state index contributed by atoms with van der Waals surface area (Å²) in [6, 6.07) is 11.7. The molecule has 0 aliphatic rings. The first-order valence-corrected chi connectivity index (χ1v) is 13.7. The number of aliphatic hydroxyl groups is 1. The monoisotopic (exact) mass is 565 g/mol. The summed E-state index contributed by atoms with van der Waals surface area (Å²) < 4.78 is 0. The Hall–Kier alpha value is -4.22. The van der Waals surface area contributed by atoms with Gasteiger partial charge in [0.2, 0.25) is 17.7 Å². The number of H-pyrrole nitrogens is 1. The van der Waals surface area contributed by atoms with Gasteiger partial charge in [-0.1, -0.05) is 68.8 Å². The van der Waals surface area contributed by atoms with Crippen molar-refractivity contribution in [2.75, 3.05) is 0 Å². The van der Waals surface area contributed by atoms with E-state index in [0.29, 0.717) is 6.42 Å². The highest BCUT2D eigenvalue weighted by atomic mass is 16.4. The van der Waals surface area contributed by atoms with Gasteiger partial charge in [-0.15, -0.1) is 0 Å². The van der Waals surface area contributed by atoms with Gasteiger partial charge < -0.3 is 36.9 Å². The van der Waals surface area contributed by atoms with E-state index in [4.69, 9.17) is 5.73 Å². The number of aliphatic hydroxyl groups excluding tert-OH is 1. The van der Waals surface area contributed by atoms with Gasteiger partial charge in [-0.05, 0) is 30.0 Å². The third-order valence-electron chi connectivity index (χ3n) is 7.24. The lowest BCUT2D eigenvalue weighted by molar-refractivity contribution is -0.142. The van der Waals surface area contributed by atoms with Gasteiger partial charge in [0.05, 0.1) is 6.10 Å². The Bertz CT molecular complexity index is 1340. The van der Waals surface area contributed by atoms with Crippen LogP contribution < -0.4 is 21.7 Å². The number of carbonyl (C=O) groups is 4. The molecule has 0 saturated heterocycles. The third-order valence-corrected chi connectivity index (χ3v) is 7.24. The zero-order valence-electron chi connectivity index (χ0n) is 23.5. The molecule has 0 spiro atoms. The molecule has 11 nitrogen and oxygen atoms in total. The van der Waals surface area contributed by atoms with Crippen molar-refractivity contribution >= 4 is 34.6 Å². The number of rotatable bonds is 14. The second-order valence-corrected chi connectivity index (χ2v) is 10.4. The number of carboxylic acid groups (broad SMARTS) is 1. The molecule has 0 aliphatic heterocycles. The number of para-hydroxylation sites is 1. The quantitative estimate of drug-likeness (QED) is 0.153. The van der Waals surface area contributed by atoms with Crippen LogP contribution in [0.5, 0.6) is 0 Å². The van der Waals surface area contributed by atoms with E-state index in [0.717, 1.165) is 22.0 Å².